The summed E-state index contributed by atoms with van der Waals surface area (Å²) < 4.78 is 6.28. The Bertz CT molecular complexity index is 1970. The second kappa shape index (κ2) is 13.9. The van der Waals surface area contributed by atoms with E-state index in [4.69, 9.17) is 27.9 Å². The molecular formula is C34H32Cl2N6O5S. The topological polar surface area (TPSA) is 136 Å². The van der Waals surface area contributed by atoms with Gasteiger partial charge in [0.2, 0.25) is 11.8 Å². The number of ketones is 1. The number of carbonyl (C=O) groups is 4. The number of ether oxygens (including phenoxy) is 1. The number of thiophene rings is 1. The third-order valence-corrected chi connectivity index (χ3v) is 10.3. The van der Waals surface area contributed by atoms with Crippen LogP contribution >= 0.6 is 34.5 Å². The zero-order chi connectivity index (χ0) is 34.1. The third kappa shape index (κ3) is 6.87. The molecule has 2 N–H and O–H groups in total. The number of fused-ring (bicyclic) bond motifs is 4. The van der Waals surface area contributed by atoms with Crippen molar-refractivity contribution in [2.24, 2.45) is 5.92 Å². The number of nitrogens with one attached hydrogen (secondary N) is 2. The lowest BCUT2D eigenvalue weighted by molar-refractivity contribution is -0.129. The SMILES string of the molecule is COC(=O)Nc1ccc2c(c1)NC(=O)[C@H](C)CCC[C@H](N1CCC(c3cc(Cl)ccc3-n3cc(Cl)nn3)=CC1=O)c1cc-2c(C(C)=O)s1. The standard InChI is InChI=1S/C34H32Cl2N6O5S/c1-18-5-4-6-28(41-12-11-20(13-31(41)44)24-14-21(35)7-10-27(24)42-17-30(36)39-40-42)29-16-25(32(48-29)19(2)43)23-9-8-22(37-34(46)47-3)15-26(23)38-33(18)45/h7-10,13-18,28H,4-6,11-12H2,1-3H3,(H,37,46)(H,38,45)/t18-,28+/m1/s1. The number of aromatic nitrogens is 3. The van der Waals surface area contributed by atoms with Crippen molar-refractivity contribution in [2.75, 3.05) is 24.3 Å². The first-order valence-electron chi connectivity index (χ1n) is 15.4. The second-order valence-electron chi connectivity index (χ2n) is 11.8. The molecule has 4 aromatic rings. The second-order valence-corrected chi connectivity index (χ2v) is 13.7. The molecule has 0 saturated heterocycles. The first kappa shape index (κ1) is 33.4. The summed E-state index contributed by atoms with van der Waals surface area (Å²) in [5, 5.41) is 14.4. The van der Waals surface area contributed by atoms with Gasteiger partial charge in [0.25, 0.3) is 0 Å². The maximum absolute atomic E-state index is 14.0. The van der Waals surface area contributed by atoms with Crippen LogP contribution in [0, 0.1) is 5.92 Å². The Balaban J connectivity index is 1.40. The van der Waals surface area contributed by atoms with Crippen LogP contribution in [0.1, 0.15) is 65.7 Å². The molecule has 0 spiro atoms. The average Bonchev–Trinajstić information content (AvgIpc) is 3.70. The van der Waals surface area contributed by atoms with Gasteiger partial charge in [-0.1, -0.05) is 47.8 Å². The Hall–Kier alpha value is -4.52. The number of hydrogen-bond acceptors (Lipinski definition) is 8. The normalized spacial score (nSPS) is 18.2. The molecule has 14 heteroatoms. The van der Waals surface area contributed by atoms with E-state index in [0.717, 1.165) is 16.0 Å². The van der Waals surface area contributed by atoms with Crippen molar-refractivity contribution >= 4 is 75.2 Å². The van der Waals surface area contributed by atoms with Crippen molar-refractivity contribution in [3.8, 4) is 16.8 Å². The fourth-order valence-corrected chi connectivity index (χ4v) is 7.64. The van der Waals surface area contributed by atoms with Crippen LogP contribution in [0.4, 0.5) is 16.2 Å². The van der Waals surface area contributed by atoms with Gasteiger partial charge in [-0.05, 0) is 68.2 Å². The fourth-order valence-electron chi connectivity index (χ4n) is 6.12. The quantitative estimate of drug-likeness (QED) is 0.202. The van der Waals surface area contributed by atoms with Crippen LogP contribution in [0.5, 0.6) is 0 Å². The van der Waals surface area contributed by atoms with E-state index in [9.17, 15) is 19.2 Å². The van der Waals surface area contributed by atoms with Gasteiger partial charge in [0.1, 0.15) is 0 Å². The van der Waals surface area contributed by atoms with Crippen LogP contribution in [0.25, 0.3) is 22.4 Å². The number of carbonyl (C=O) groups excluding carboxylic acids is 4. The molecular weight excluding hydrogens is 675 g/mol. The Morgan fingerprint density at radius 2 is 1.88 bits per heavy atom. The molecule has 2 atom stereocenters. The molecule has 0 saturated carbocycles. The third-order valence-electron chi connectivity index (χ3n) is 8.56. The summed E-state index contributed by atoms with van der Waals surface area (Å²) in [5.74, 6) is -0.812. The van der Waals surface area contributed by atoms with Crippen LogP contribution in [-0.4, -0.2) is 57.2 Å². The molecule has 248 valence electrons. The zero-order valence-corrected chi connectivity index (χ0v) is 28.7. The Morgan fingerprint density at radius 1 is 1.06 bits per heavy atom. The molecule has 2 bridgehead atoms. The highest BCUT2D eigenvalue weighted by Gasteiger charge is 2.32. The number of Topliss-reactive ketones (excluding diaryl/α,β-unsaturated/α-hetero) is 1. The van der Waals surface area contributed by atoms with Crippen LogP contribution in [0.15, 0.2) is 54.7 Å². The van der Waals surface area contributed by atoms with Crippen LogP contribution < -0.4 is 10.6 Å². The largest absolute Gasteiger partial charge is 0.453 e. The summed E-state index contributed by atoms with van der Waals surface area (Å²) in [4.78, 5) is 55.5. The van der Waals surface area contributed by atoms with Gasteiger partial charge in [-0.2, -0.15) is 0 Å². The lowest BCUT2D eigenvalue weighted by Gasteiger charge is -2.34. The molecule has 11 nitrogen and oxygen atoms in total. The number of benzene rings is 2. The Labute approximate surface area is 290 Å². The smallest absolute Gasteiger partial charge is 0.411 e. The van der Waals surface area contributed by atoms with Crippen molar-refractivity contribution in [2.45, 2.75) is 45.6 Å². The molecule has 0 fully saturated rings. The number of hydrogen-bond donors (Lipinski definition) is 2. The Kier molecular flexibility index (Phi) is 9.68. The number of amides is 3. The molecule has 4 heterocycles. The minimum Gasteiger partial charge on any atom is -0.453 e. The van der Waals surface area contributed by atoms with Gasteiger partial charge in [0.15, 0.2) is 10.9 Å². The maximum atomic E-state index is 14.0. The Morgan fingerprint density at radius 3 is 2.58 bits per heavy atom. The predicted molar refractivity (Wildman–Crippen MR) is 186 cm³/mol. The van der Waals surface area contributed by atoms with E-state index < -0.39 is 6.09 Å². The molecule has 0 radical (unpaired) electrons. The van der Waals surface area contributed by atoms with Gasteiger partial charge in [-0.15, -0.1) is 16.4 Å². The summed E-state index contributed by atoms with van der Waals surface area (Å²) >= 11 is 13.8. The first-order valence-corrected chi connectivity index (χ1v) is 16.9. The fraction of sp³-hybridized carbons (Fsp3) is 0.294. The van der Waals surface area contributed by atoms with Crippen LogP contribution in [-0.2, 0) is 14.3 Å². The van der Waals surface area contributed by atoms with E-state index >= 15 is 0 Å². The molecule has 2 aromatic carbocycles. The van der Waals surface area contributed by atoms with E-state index in [1.807, 2.05) is 24.0 Å². The van der Waals surface area contributed by atoms with Gasteiger partial charge >= 0.3 is 6.09 Å². The van der Waals surface area contributed by atoms with E-state index in [-0.39, 0.29) is 34.7 Å². The summed E-state index contributed by atoms with van der Waals surface area (Å²) in [7, 11) is 1.27. The zero-order valence-electron chi connectivity index (χ0n) is 26.4. The minimum absolute atomic E-state index is 0.133. The van der Waals surface area contributed by atoms with Gasteiger partial charge in [-0.3, -0.25) is 19.7 Å². The van der Waals surface area contributed by atoms with Gasteiger partial charge in [0.05, 0.1) is 35.6 Å². The molecule has 2 aliphatic rings. The number of halogens is 2. The van der Waals surface area contributed by atoms with Gasteiger partial charge in [0, 0.05) is 50.8 Å². The number of nitrogens with zero attached hydrogens (tertiary/aromatic N) is 4. The molecule has 48 heavy (non-hydrogen) atoms. The van der Waals surface area contributed by atoms with E-state index in [2.05, 4.69) is 20.9 Å². The highest BCUT2D eigenvalue weighted by atomic mass is 35.5. The van der Waals surface area contributed by atoms with Crippen LogP contribution in [0.3, 0.4) is 0 Å². The number of rotatable bonds is 5. The van der Waals surface area contributed by atoms with E-state index in [1.54, 1.807) is 47.3 Å². The molecule has 3 amide bonds. The number of methoxy groups -OCH3 is 1. The molecule has 2 aromatic heterocycles. The van der Waals surface area contributed by atoms with Crippen LogP contribution in [0.2, 0.25) is 10.2 Å². The van der Waals surface area contributed by atoms with Crippen molar-refractivity contribution in [3.63, 3.8) is 0 Å². The summed E-state index contributed by atoms with van der Waals surface area (Å²) in [5.41, 5.74) is 4.42. The highest BCUT2D eigenvalue weighted by Crippen LogP contribution is 2.44. The van der Waals surface area contributed by atoms with Crippen molar-refractivity contribution < 1.29 is 23.9 Å². The summed E-state index contributed by atoms with van der Waals surface area (Å²) in [6.45, 7) is 3.80. The van der Waals surface area contributed by atoms with Crippen molar-refractivity contribution in [1.82, 2.24) is 19.9 Å². The monoisotopic (exact) mass is 706 g/mol. The van der Waals surface area contributed by atoms with Crippen molar-refractivity contribution in [3.05, 3.63) is 80.2 Å². The van der Waals surface area contributed by atoms with Gasteiger partial charge < -0.3 is 15.0 Å². The lowest BCUT2D eigenvalue weighted by atomic mass is 9.93. The minimum atomic E-state index is -0.648. The van der Waals surface area contributed by atoms with Crippen molar-refractivity contribution in [1.29, 1.82) is 0 Å². The molecule has 2 aliphatic heterocycles. The summed E-state index contributed by atoms with van der Waals surface area (Å²) in [6.07, 6.45) is 5.00. The maximum Gasteiger partial charge on any atom is 0.411 e. The lowest BCUT2D eigenvalue weighted by Crippen LogP contribution is -2.37. The molecule has 0 aliphatic carbocycles. The molecule has 0 unspecified atom stereocenters. The summed E-state index contributed by atoms with van der Waals surface area (Å²) in [6, 6.07) is 12.1. The predicted octanol–water partition coefficient (Wildman–Crippen LogP) is 7.80. The first-order chi connectivity index (χ1) is 23.0. The average molecular weight is 708 g/mol. The molecule has 6 rings (SSSR count). The van der Waals surface area contributed by atoms with E-state index in [1.165, 1.54) is 25.4 Å². The highest BCUT2D eigenvalue weighted by molar-refractivity contribution is 7.14. The van der Waals surface area contributed by atoms with E-state index in [0.29, 0.717) is 70.3 Å². The van der Waals surface area contributed by atoms with Gasteiger partial charge in [-0.25, -0.2) is 9.48 Å². The number of anilines is 2.